The molecule has 0 N–H and O–H groups in total. The van der Waals surface area contributed by atoms with Gasteiger partial charge in [0.25, 0.3) is 0 Å². The van der Waals surface area contributed by atoms with E-state index in [0.29, 0.717) is 5.54 Å². The summed E-state index contributed by atoms with van der Waals surface area (Å²) in [5.41, 5.74) is 0.353. The van der Waals surface area contributed by atoms with E-state index in [9.17, 15) is 0 Å². The molecule has 0 bridgehead atoms. The molecule has 1 aliphatic rings. The predicted octanol–water partition coefficient (Wildman–Crippen LogP) is 3.54. The van der Waals surface area contributed by atoms with Gasteiger partial charge in [-0.1, -0.05) is 20.3 Å². The molecule has 2 atom stereocenters. The maximum absolute atomic E-state index is 2.68. The molecule has 0 saturated carbocycles. The molecule has 0 amide bonds. The first kappa shape index (κ1) is 12.0. The smallest absolute Gasteiger partial charge is 0.0125 e. The molecule has 84 valence electrons. The van der Waals surface area contributed by atoms with Crippen LogP contribution in [0.25, 0.3) is 0 Å². The van der Waals surface area contributed by atoms with Crippen molar-refractivity contribution in [1.29, 1.82) is 0 Å². The average Bonchev–Trinajstić information content (AvgIpc) is 2.26. The summed E-state index contributed by atoms with van der Waals surface area (Å²) in [5, 5.41) is 0. The van der Waals surface area contributed by atoms with Gasteiger partial charge in [0.1, 0.15) is 0 Å². The largest absolute Gasteiger partial charge is 0.298 e. The zero-order valence-electron chi connectivity index (χ0n) is 10.6. The van der Waals surface area contributed by atoms with Crippen LogP contribution in [0, 0.1) is 11.8 Å². The van der Waals surface area contributed by atoms with Gasteiger partial charge in [-0.05, 0) is 45.4 Å². The van der Waals surface area contributed by atoms with Gasteiger partial charge in [-0.15, -0.1) is 0 Å². The normalized spacial score (nSPS) is 31.5. The Morgan fingerprint density at radius 2 is 1.79 bits per heavy atom. The van der Waals surface area contributed by atoms with Gasteiger partial charge in [0.2, 0.25) is 0 Å². The fourth-order valence-electron chi connectivity index (χ4n) is 2.35. The molecule has 0 aromatic carbocycles. The van der Waals surface area contributed by atoms with Crippen LogP contribution in [0.1, 0.15) is 53.9 Å². The third kappa shape index (κ3) is 3.27. The summed E-state index contributed by atoms with van der Waals surface area (Å²) in [4.78, 5) is 2.68. The monoisotopic (exact) mass is 197 g/mol. The van der Waals surface area contributed by atoms with Crippen molar-refractivity contribution in [3.63, 3.8) is 0 Å². The molecular formula is C13H27N. The van der Waals surface area contributed by atoms with Crippen molar-refractivity contribution in [2.24, 2.45) is 11.8 Å². The van der Waals surface area contributed by atoms with Gasteiger partial charge in [0.15, 0.2) is 0 Å². The molecule has 1 fully saturated rings. The lowest BCUT2D eigenvalue weighted by Gasteiger charge is -2.37. The number of rotatable bonds is 1. The molecule has 1 aliphatic heterocycles. The number of hydrogen-bond acceptors (Lipinski definition) is 1. The fraction of sp³-hybridized carbons (Fsp3) is 1.00. The van der Waals surface area contributed by atoms with Gasteiger partial charge in [-0.2, -0.15) is 0 Å². The lowest BCUT2D eigenvalue weighted by molar-refractivity contribution is 0.111. The number of likely N-dealkylation sites (tertiary alicyclic amines) is 1. The topological polar surface area (TPSA) is 3.24 Å². The van der Waals surface area contributed by atoms with Crippen LogP contribution >= 0.6 is 0 Å². The van der Waals surface area contributed by atoms with Crippen LogP contribution in [-0.4, -0.2) is 23.5 Å². The van der Waals surface area contributed by atoms with Crippen molar-refractivity contribution in [2.75, 3.05) is 13.1 Å². The number of hydrogen-bond donors (Lipinski definition) is 0. The highest BCUT2D eigenvalue weighted by molar-refractivity contribution is 4.82. The second-order valence-electron chi connectivity index (χ2n) is 6.03. The standard InChI is InChI=1S/C13H27N/c1-6-12-8-7-11(2)9-14(10-12)13(3,4)5/h11-12H,6-10H2,1-5H3. The van der Waals surface area contributed by atoms with Crippen LogP contribution in [0.4, 0.5) is 0 Å². The molecular weight excluding hydrogens is 170 g/mol. The second-order valence-corrected chi connectivity index (χ2v) is 6.03. The van der Waals surface area contributed by atoms with Crippen LogP contribution in [0.15, 0.2) is 0 Å². The van der Waals surface area contributed by atoms with Gasteiger partial charge in [-0.25, -0.2) is 0 Å². The molecule has 14 heavy (non-hydrogen) atoms. The quantitative estimate of drug-likeness (QED) is 0.621. The molecule has 1 heteroatoms. The maximum atomic E-state index is 2.68. The molecule has 0 aromatic heterocycles. The van der Waals surface area contributed by atoms with Crippen LogP contribution in [0.2, 0.25) is 0 Å². The SMILES string of the molecule is CCC1CCC(C)CN(C(C)(C)C)C1. The van der Waals surface area contributed by atoms with E-state index in [2.05, 4.69) is 39.5 Å². The van der Waals surface area contributed by atoms with Gasteiger partial charge in [-0.3, -0.25) is 4.90 Å². The number of nitrogens with zero attached hydrogens (tertiary/aromatic N) is 1. The highest BCUT2D eigenvalue weighted by Crippen LogP contribution is 2.27. The molecule has 1 heterocycles. The Hall–Kier alpha value is -0.0400. The first-order valence-electron chi connectivity index (χ1n) is 6.18. The highest BCUT2D eigenvalue weighted by atomic mass is 15.2. The Balaban J connectivity index is 2.64. The van der Waals surface area contributed by atoms with Crippen LogP contribution in [0.3, 0.4) is 0 Å². The lowest BCUT2D eigenvalue weighted by Crippen LogP contribution is -2.44. The predicted molar refractivity (Wildman–Crippen MR) is 63.5 cm³/mol. The second kappa shape index (κ2) is 4.65. The summed E-state index contributed by atoms with van der Waals surface area (Å²) in [6.45, 7) is 14.4. The molecule has 1 saturated heterocycles. The molecule has 1 rings (SSSR count). The van der Waals surface area contributed by atoms with E-state index in [4.69, 9.17) is 0 Å². The van der Waals surface area contributed by atoms with Gasteiger partial charge >= 0.3 is 0 Å². The Morgan fingerprint density at radius 3 is 2.29 bits per heavy atom. The summed E-state index contributed by atoms with van der Waals surface area (Å²) in [5.74, 6) is 1.81. The fourth-order valence-corrected chi connectivity index (χ4v) is 2.35. The van der Waals surface area contributed by atoms with Crippen LogP contribution < -0.4 is 0 Å². The van der Waals surface area contributed by atoms with Crippen molar-refractivity contribution < 1.29 is 0 Å². The average molecular weight is 197 g/mol. The first-order chi connectivity index (χ1) is 6.43. The van der Waals surface area contributed by atoms with E-state index in [0.717, 1.165) is 11.8 Å². The third-order valence-corrected chi connectivity index (χ3v) is 3.60. The van der Waals surface area contributed by atoms with Gasteiger partial charge in [0.05, 0.1) is 0 Å². The van der Waals surface area contributed by atoms with Gasteiger partial charge < -0.3 is 0 Å². The van der Waals surface area contributed by atoms with Gasteiger partial charge in [0, 0.05) is 18.6 Å². The summed E-state index contributed by atoms with van der Waals surface area (Å²) < 4.78 is 0. The summed E-state index contributed by atoms with van der Waals surface area (Å²) >= 11 is 0. The summed E-state index contributed by atoms with van der Waals surface area (Å²) in [6, 6.07) is 0. The molecule has 0 radical (unpaired) electrons. The van der Waals surface area contributed by atoms with E-state index in [1.54, 1.807) is 0 Å². The van der Waals surface area contributed by atoms with Crippen molar-refractivity contribution in [1.82, 2.24) is 4.90 Å². The summed E-state index contributed by atoms with van der Waals surface area (Å²) in [7, 11) is 0. The third-order valence-electron chi connectivity index (χ3n) is 3.60. The Morgan fingerprint density at radius 1 is 1.14 bits per heavy atom. The van der Waals surface area contributed by atoms with Crippen molar-refractivity contribution >= 4 is 0 Å². The van der Waals surface area contributed by atoms with E-state index >= 15 is 0 Å². The van der Waals surface area contributed by atoms with Crippen molar-refractivity contribution in [3.8, 4) is 0 Å². The van der Waals surface area contributed by atoms with E-state index in [1.807, 2.05) is 0 Å². The van der Waals surface area contributed by atoms with E-state index in [-0.39, 0.29) is 0 Å². The zero-order valence-corrected chi connectivity index (χ0v) is 10.6. The molecule has 0 spiro atoms. The highest BCUT2D eigenvalue weighted by Gasteiger charge is 2.27. The lowest BCUT2D eigenvalue weighted by atomic mass is 9.97. The van der Waals surface area contributed by atoms with E-state index < -0.39 is 0 Å². The van der Waals surface area contributed by atoms with Crippen LogP contribution in [0.5, 0.6) is 0 Å². The minimum atomic E-state index is 0.353. The Bertz CT molecular complexity index is 169. The minimum absolute atomic E-state index is 0.353. The Labute approximate surface area is 89.9 Å². The molecule has 0 aromatic rings. The molecule has 1 nitrogen and oxygen atoms in total. The van der Waals surface area contributed by atoms with Crippen molar-refractivity contribution in [2.45, 2.75) is 59.4 Å². The Kier molecular flexibility index (Phi) is 4.00. The zero-order chi connectivity index (χ0) is 10.8. The maximum Gasteiger partial charge on any atom is 0.0125 e. The minimum Gasteiger partial charge on any atom is -0.298 e. The summed E-state index contributed by atoms with van der Waals surface area (Å²) in [6.07, 6.45) is 4.20. The van der Waals surface area contributed by atoms with Crippen molar-refractivity contribution in [3.05, 3.63) is 0 Å². The van der Waals surface area contributed by atoms with Crippen LogP contribution in [-0.2, 0) is 0 Å². The molecule has 0 aliphatic carbocycles. The van der Waals surface area contributed by atoms with E-state index in [1.165, 1.54) is 32.4 Å². The molecule has 2 unspecified atom stereocenters. The first-order valence-corrected chi connectivity index (χ1v) is 6.18.